The van der Waals surface area contributed by atoms with Crippen LogP contribution in [0, 0.1) is 13.8 Å². The number of halogens is 2. The Morgan fingerprint density at radius 3 is 2.61 bits per heavy atom. The van der Waals surface area contributed by atoms with E-state index in [1.54, 1.807) is 23.9 Å². The van der Waals surface area contributed by atoms with Gasteiger partial charge in [-0.25, -0.2) is 0 Å². The zero-order valence-electron chi connectivity index (χ0n) is 17.0. The molecule has 31 heavy (non-hydrogen) atoms. The number of benzene rings is 3. The van der Waals surface area contributed by atoms with E-state index < -0.39 is 0 Å². The molecular weight excluding hydrogens is 451 g/mol. The van der Waals surface area contributed by atoms with Crippen LogP contribution in [0.4, 0.5) is 11.4 Å². The highest BCUT2D eigenvalue weighted by molar-refractivity contribution is 8.00. The third-order valence-corrected chi connectivity index (χ3v) is 6.85. The van der Waals surface area contributed by atoms with E-state index in [2.05, 4.69) is 11.4 Å². The van der Waals surface area contributed by atoms with Crippen LogP contribution in [0.3, 0.4) is 0 Å². The standard InChI is InChI=1S/C24H20Cl2N2O2S/c1-14-6-9-21(15(2)10-14)28-22(29)13-31-24(28)16-4-3-5-18(11-16)27-23(30)19-8-7-17(25)12-20(19)26/h3-12,24H,13H2,1-2H3,(H,27,30). The molecule has 0 aliphatic carbocycles. The van der Waals surface area contributed by atoms with E-state index in [9.17, 15) is 9.59 Å². The second-order valence-electron chi connectivity index (χ2n) is 7.42. The Labute approximate surface area is 195 Å². The van der Waals surface area contributed by atoms with Crippen molar-refractivity contribution >= 4 is 58.2 Å². The van der Waals surface area contributed by atoms with E-state index in [-0.39, 0.29) is 17.2 Å². The SMILES string of the molecule is Cc1ccc(N2C(=O)CSC2c2cccc(NC(=O)c3ccc(Cl)cc3Cl)c2)c(C)c1. The lowest BCUT2D eigenvalue weighted by molar-refractivity contribution is -0.115. The highest BCUT2D eigenvalue weighted by atomic mass is 35.5. The average Bonchev–Trinajstić information content (AvgIpc) is 3.09. The summed E-state index contributed by atoms with van der Waals surface area (Å²) in [4.78, 5) is 27.2. The molecule has 7 heteroatoms. The molecule has 1 aliphatic heterocycles. The van der Waals surface area contributed by atoms with Crippen LogP contribution in [-0.4, -0.2) is 17.6 Å². The Balaban J connectivity index is 1.61. The van der Waals surface area contributed by atoms with Gasteiger partial charge >= 0.3 is 0 Å². The van der Waals surface area contributed by atoms with Gasteiger partial charge in [-0.3, -0.25) is 14.5 Å². The first kappa shape index (κ1) is 21.8. The highest BCUT2D eigenvalue weighted by Gasteiger charge is 2.34. The molecule has 0 saturated carbocycles. The van der Waals surface area contributed by atoms with Crippen LogP contribution < -0.4 is 10.2 Å². The molecule has 3 aromatic rings. The van der Waals surface area contributed by atoms with Gasteiger partial charge < -0.3 is 5.32 Å². The maximum atomic E-state index is 12.7. The Morgan fingerprint density at radius 1 is 1.06 bits per heavy atom. The van der Waals surface area contributed by atoms with Crippen LogP contribution in [0.2, 0.25) is 10.0 Å². The first-order chi connectivity index (χ1) is 14.8. The van der Waals surface area contributed by atoms with Crippen LogP contribution in [0.25, 0.3) is 0 Å². The number of hydrogen-bond acceptors (Lipinski definition) is 3. The van der Waals surface area contributed by atoms with Crippen LogP contribution in [0.15, 0.2) is 60.7 Å². The van der Waals surface area contributed by atoms with Crippen molar-refractivity contribution in [3.8, 4) is 0 Å². The molecular formula is C24H20Cl2N2O2S. The molecule has 1 fully saturated rings. The van der Waals surface area contributed by atoms with E-state index in [1.165, 1.54) is 6.07 Å². The number of carbonyl (C=O) groups is 2. The fourth-order valence-electron chi connectivity index (χ4n) is 3.65. The Bertz CT molecular complexity index is 1180. The zero-order valence-corrected chi connectivity index (χ0v) is 19.3. The van der Waals surface area contributed by atoms with Crippen molar-refractivity contribution in [2.24, 2.45) is 0 Å². The molecule has 1 heterocycles. The predicted molar refractivity (Wildman–Crippen MR) is 129 cm³/mol. The van der Waals surface area contributed by atoms with E-state index in [0.717, 1.165) is 22.4 Å². The smallest absolute Gasteiger partial charge is 0.257 e. The fraction of sp³-hybridized carbons (Fsp3) is 0.167. The number of anilines is 2. The lowest BCUT2D eigenvalue weighted by atomic mass is 10.1. The summed E-state index contributed by atoms with van der Waals surface area (Å²) < 4.78 is 0. The molecule has 0 bridgehead atoms. The monoisotopic (exact) mass is 470 g/mol. The van der Waals surface area contributed by atoms with Gasteiger partial charge in [-0.1, -0.05) is 53.0 Å². The Kier molecular flexibility index (Phi) is 6.28. The minimum Gasteiger partial charge on any atom is -0.322 e. The van der Waals surface area contributed by atoms with Crippen LogP contribution >= 0.6 is 35.0 Å². The van der Waals surface area contributed by atoms with Crippen LogP contribution in [0.5, 0.6) is 0 Å². The maximum absolute atomic E-state index is 12.7. The Hall–Kier alpha value is -2.47. The van der Waals surface area contributed by atoms with Crippen molar-refractivity contribution in [3.63, 3.8) is 0 Å². The molecule has 1 unspecified atom stereocenters. The Morgan fingerprint density at radius 2 is 1.87 bits per heavy atom. The summed E-state index contributed by atoms with van der Waals surface area (Å²) in [7, 11) is 0. The minimum absolute atomic E-state index is 0.0735. The van der Waals surface area contributed by atoms with Gasteiger partial charge in [0.1, 0.15) is 5.37 Å². The van der Waals surface area contributed by atoms with E-state index in [0.29, 0.717) is 27.0 Å². The van der Waals surface area contributed by atoms with Gasteiger partial charge in [0.25, 0.3) is 5.91 Å². The molecule has 0 radical (unpaired) electrons. The van der Waals surface area contributed by atoms with Crippen LogP contribution in [0.1, 0.15) is 32.4 Å². The molecule has 1 saturated heterocycles. The summed E-state index contributed by atoms with van der Waals surface area (Å²) in [5, 5.41) is 3.49. The van der Waals surface area contributed by atoms with Gasteiger partial charge in [0.05, 0.1) is 16.3 Å². The predicted octanol–water partition coefficient (Wildman–Crippen LogP) is 6.64. The quantitative estimate of drug-likeness (QED) is 0.464. The van der Waals surface area contributed by atoms with Crippen molar-refractivity contribution in [1.29, 1.82) is 0 Å². The molecule has 4 nitrogen and oxygen atoms in total. The van der Waals surface area contributed by atoms with Gasteiger partial charge in [0.15, 0.2) is 0 Å². The number of hydrogen-bond donors (Lipinski definition) is 1. The molecule has 0 aromatic heterocycles. The third kappa shape index (κ3) is 4.59. The molecule has 2 amide bonds. The molecule has 1 atom stereocenters. The summed E-state index contributed by atoms with van der Waals surface area (Å²) in [5.41, 5.74) is 5.04. The van der Waals surface area contributed by atoms with Crippen molar-refractivity contribution in [1.82, 2.24) is 0 Å². The van der Waals surface area contributed by atoms with Gasteiger partial charge in [0.2, 0.25) is 5.91 Å². The summed E-state index contributed by atoms with van der Waals surface area (Å²) in [6, 6.07) is 18.4. The molecule has 1 aliphatic rings. The second kappa shape index (κ2) is 8.95. The van der Waals surface area contributed by atoms with E-state index in [1.807, 2.05) is 55.1 Å². The first-order valence-corrected chi connectivity index (χ1v) is 11.5. The topological polar surface area (TPSA) is 49.4 Å². The third-order valence-electron chi connectivity index (χ3n) is 5.09. The zero-order chi connectivity index (χ0) is 22.1. The largest absolute Gasteiger partial charge is 0.322 e. The molecule has 158 valence electrons. The molecule has 4 rings (SSSR count). The van der Waals surface area contributed by atoms with Gasteiger partial charge in [-0.2, -0.15) is 0 Å². The summed E-state index contributed by atoms with van der Waals surface area (Å²) in [6.07, 6.45) is 0. The number of aryl methyl sites for hydroxylation is 2. The summed E-state index contributed by atoms with van der Waals surface area (Å²) in [6.45, 7) is 4.05. The summed E-state index contributed by atoms with van der Waals surface area (Å²) >= 11 is 13.7. The number of nitrogens with zero attached hydrogens (tertiary/aromatic N) is 1. The number of rotatable bonds is 4. The number of thioether (sulfide) groups is 1. The summed E-state index contributed by atoms with van der Waals surface area (Å²) in [5.74, 6) is 0.166. The number of carbonyl (C=O) groups excluding carboxylic acids is 2. The number of amides is 2. The average molecular weight is 471 g/mol. The van der Waals surface area contributed by atoms with Crippen molar-refractivity contribution < 1.29 is 9.59 Å². The normalized spacial score (nSPS) is 15.9. The highest BCUT2D eigenvalue weighted by Crippen LogP contribution is 2.43. The van der Waals surface area contributed by atoms with Gasteiger partial charge in [-0.05, 0) is 61.4 Å². The lowest BCUT2D eigenvalue weighted by Crippen LogP contribution is -2.28. The lowest BCUT2D eigenvalue weighted by Gasteiger charge is -2.26. The first-order valence-electron chi connectivity index (χ1n) is 9.71. The van der Waals surface area contributed by atoms with Crippen LogP contribution in [-0.2, 0) is 4.79 Å². The van der Waals surface area contributed by atoms with Gasteiger partial charge in [0, 0.05) is 16.4 Å². The van der Waals surface area contributed by atoms with E-state index in [4.69, 9.17) is 23.2 Å². The van der Waals surface area contributed by atoms with Crippen molar-refractivity contribution in [2.75, 3.05) is 16.0 Å². The minimum atomic E-state index is -0.319. The van der Waals surface area contributed by atoms with Gasteiger partial charge in [-0.15, -0.1) is 11.8 Å². The number of nitrogens with one attached hydrogen (secondary N) is 1. The molecule has 1 N–H and O–H groups in total. The maximum Gasteiger partial charge on any atom is 0.257 e. The molecule has 3 aromatic carbocycles. The van der Waals surface area contributed by atoms with Crippen molar-refractivity contribution in [2.45, 2.75) is 19.2 Å². The van der Waals surface area contributed by atoms with Crippen molar-refractivity contribution in [3.05, 3.63) is 93.0 Å². The molecule has 0 spiro atoms. The fourth-order valence-corrected chi connectivity index (χ4v) is 5.30. The second-order valence-corrected chi connectivity index (χ2v) is 9.33. The van der Waals surface area contributed by atoms with E-state index >= 15 is 0 Å².